The molecule has 0 radical (unpaired) electrons. The predicted molar refractivity (Wildman–Crippen MR) is 106 cm³/mol. The van der Waals surface area contributed by atoms with Gasteiger partial charge < -0.3 is 9.47 Å². The highest BCUT2D eigenvalue weighted by molar-refractivity contribution is 8.00. The number of hydrogen-bond acceptors (Lipinski definition) is 7. The van der Waals surface area contributed by atoms with Crippen LogP contribution >= 0.6 is 23.1 Å². The molecule has 0 aliphatic heterocycles. The molecule has 9 heteroatoms. The van der Waals surface area contributed by atoms with E-state index < -0.39 is 5.67 Å². The second-order valence-corrected chi connectivity index (χ2v) is 8.35. The van der Waals surface area contributed by atoms with Crippen LogP contribution in [-0.2, 0) is 12.2 Å². The van der Waals surface area contributed by atoms with Gasteiger partial charge in [0.25, 0.3) is 5.56 Å². The normalized spacial score (nSPS) is 11.8. The topological polar surface area (TPSA) is 66.2 Å². The Kier molecular flexibility index (Phi) is 5.43. The lowest BCUT2D eigenvalue weighted by molar-refractivity contribution is 0.197. The molecule has 0 saturated carbocycles. The highest BCUT2D eigenvalue weighted by Gasteiger charge is 2.28. The molecule has 0 atom stereocenters. The van der Waals surface area contributed by atoms with Crippen molar-refractivity contribution in [1.29, 1.82) is 0 Å². The standard InChI is InChI=1S/C18H20FN3O3S2/c1-18(2,19)16-21-14-13(20-17(26-5)27-14)15(23)22(16)9-10-6-7-11(24-3)8-12(10)25-4/h6-8H,9H2,1-5H3. The predicted octanol–water partition coefficient (Wildman–Crippen LogP) is 3.85. The summed E-state index contributed by atoms with van der Waals surface area (Å²) in [7, 11) is 3.10. The summed E-state index contributed by atoms with van der Waals surface area (Å²) in [6.45, 7) is 2.89. The molecule has 1 aromatic carbocycles. The van der Waals surface area contributed by atoms with Crippen LogP contribution < -0.4 is 15.0 Å². The number of thiazole rings is 1. The van der Waals surface area contributed by atoms with E-state index in [1.165, 1.54) is 48.6 Å². The zero-order chi connectivity index (χ0) is 19.8. The number of aromatic nitrogens is 3. The number of nitrogens with zero attached hydrogens (tertiary/aromatic N) is 3. The Morgan fingerprint density at radius 3 is 2.59 bits per heavy atom. The van der Waals surface area contributed by atoms with E-state index in [1.54, 1.807) is 25.3 Å². The van der Waals surface area contributed by atoms with E-state index in [2.05, 4.69) is 9.97 Å². The van der Waals surface area contributed by atoms with Gasteiger partial charge in [0.2, 0.25) is 0 Å². The minimum absolute atomic E-state index is 0.0641. The molecule has 0 unspecified atom stereocenters. The first-order valence-electron chi connectivity index (χ1n) is 8.14. The molecule has 2 aromatic heterocycles. The summed E-state index contributed by atoms with van der Waals surface area (Å²) in [5.74, 6) is 1.24. The van der Waals surface area contributed by atoms with E-state index in [-0.39, 0.29) is 23.4 Å². The van der Waals surface area contributed by atoms with Crippen molar-refractivity contribution < 1.29 is 13.9 Å². The van der Waals surface area contributed by atoms with Gasteiger partial charge in [0.15, 0.2) is 26.2 Å². The lowest BCUT2D eigenvalue weighted by Crippen LogP contribution is -2.31. The Morgan fingerprint density at radius 1 is 1.26 bits per heavy atom. The van der Waals surface area contributed by atoms with Gasteiger partial charge in [-0.1, -0.05) is 23.1 Å². The summed E-state index contributed by atoms with van der Waals surface area (Å²) < 4.78 is 27.5. The van der Waals surface area contributed by atoms with Crippen molar-refractivity contribution in [3.8, 4) is 11.5 Å². The SMILES string of the molecule is COc1ccc(Cn2c(C(C)(C)F)nc3sc(SC)nc3c2=O)c(OC)c1. The van der Waals surface area contributed by atoms with Crippen LogP contribution in [0, 0.1) is 0 Å². The highest BCUT2D eigenvalue weighted by atomic mass is 32.2. The van der Waals surface area contributed by atoms with E-state index in [1.807, 2.05) is 6.26 Å². The van der Waals surface area contributed by atoms with E-state index in [9.17, 15) is 9.18 Å². The summed E-state index contributed by atoms with van der Waals surface area (Å²) in [5.41, 5.74) is -1.19. The van der Waals surface area contributed by atoms with Gasteiger partial charge in [0, 0.05) is 11.6 Å². The zero-order valence-electron chi connectivity index (χ0n) is 15.7. The van der Waals surface area contributed by atoms with Crippen LogP contribution in [0.4, 0.5) is 4.39 Å². The number of hydrogen-bond donors (Lipinski definition) is 0. The first-order chi connectivity index (χ1) is 12.8. The molecular weight excluding hydrogens is 389 g/mol. The Morgan fingerprint density at radius 2 is 2.00 bits per heavy atom. The maximum absolute atomic E-state index is 14.9. The third-order valence-corrected chi connectivity index (χ3v) is 5.96. The maximum atomic E-state index is 14.9. The Hall–Kier alpha value is -2.13. The maximum Gasteiger partial charge on any atom is 0.281 e. The highest BCUT2D eigenvalue weighted by Crippen LogP contribution is 2.30. The smallest absolute Gasteiger partial charge is 0.281 e. The van der Waals surface area contributed by atoms with Crippen LogP contribution in [0.25, 0.3) is 10.3 Å². The summed E-state index contributed by atoms with van der Waals surface area (Å²) in [5, 5.41) is 0. The van der Waals surface area contributed by atoms with Gasteiger partial charge in [0.1, 0.15) is 11.5 Å². The van der Waals surface area contributed by atoms with Crippen molar-refractivity contribution in [3.05, 3.63) is 39.9 Å². The molecule has 0 spiro atoms. The van der Waals surface area contributed by atoms with Crippen LogP contribution in [-0.4, -0.2) is 35.0 Å². The fourth-order valence-electron chi connectivity index (χ4n) is 2.73. The molecule has 0 saturated heterocycles. The number of halogens is 1. The van der Waals surface area contributed by atoms with Gasteiger partial charge in [-0.3, -0.25) is 9.36 Å². The molecule has 3 aromatic rings. The molecule has 0 fully saturated rings. The molecule has 6 nitrogen and oxygen atoms in total. The Balaban J connectivity index is 2.21. The quantitative estimate of drug-likeness (QED) is 0.576. The molecule has 27 heavy (non-hydrogen) atoms. The van der Waals surface area contributed by atoms with Crippen LogP contribution in [0.2, 0.25) is 0 Å². The van der Waals surface area contributed by atoms with Gasteiger partial charge in [-0.05, 0) is 32.2 Å². The fourth-order valence-corrected chi connectivity index (χ4v) is 4.15. The van der Waals surface area contributed by atoms with Crippen molar-refractivity contribution in [2.24, 2.45) is 0 Å². The number of alkyl halides is 1. The average molecular weight is 410 g/mol. The molecule has 0 aliphatic carbocycles. The molecule has 0 aliphatic rings. The molecule has 3 rings (SSSR count). The first kappa shape index (κ1) is 19.6. The molecule has 0 N–H and O–H groups in total. The summed E-state index contributed by atoms with van der Waals surface area (Å²) >= 11 is 2.72. The lowest BCUT2D eigenvalue weighted by atomic mass is 10.1. The summed E-state index contributed by atoms with van der Waals surface area (Å²) in [4.78, 5) is 22.3. The fraction of sp³-hybridized carbons (Fsp3) is 0.389. The first-order valence-corrected chi connectivity index (χ1v) is 10.2. The third-order valence-electron chi connectivity index (χ3n) is 4.03. The second kappa shape index (κ2) is 7.47. The molecule has 0 bridgehead atoms. The van der Waals surface area contributed by atoms with Crippen LogP contribution in [0.5, 0.6) is 11.5 Å². The van der Waals surface area contributed by atoms with Crippen molar-refractivity contribution in [2.75, 3.05) is 20.5 Å². The molecule has 2 heterocycles. The van der Waals surface area contributed by atoms with E-state index in [0.717, 1.165) is 4.34 Å². The molecule has 0 amide bonds. The minimum atomic E-state index is -1.80. The van der Waals surface area contributed by atoms with E-state index >= 15 is 0 Å². The zero-order valence-corrected chi connectivity index (χ0v) is 17.3. The van der Waals surface area contributed by atoms with E-state index in [4.69, 9.17) is 9.47 Å². The van der Waals surface area contributed by atoms with Crippen molar-refractivity contribution in [1.82, 2.24) is 14.5 Å². The van der Waals surface area contributed by atoms with E-state index in [0.29, 0.717) is 21.9 Å². The minimum Gasteiger partial charge on any atom is -0.497 e. The Labute approximate surface area is 164 Å². The van der Waals surface area contributed by atoms with Gasteiger partial charge in [-0.25, -0.2) is 14.4 Å². The summed E-state index contributed by atoms with van der Waals surface area (Å²) in [6, 6.07) is 5.28. The number of methoxy groups -OCH3 is 2. The number of ether oxygens (including phenoxy) is 2. The van der Waals surface area contributed by atoms with Gasteiger partial charge in [-0.15, -0.1) is 0 Å². The number of rotatable bonds is 6. The number of benzene rings is 1. The largest absolute Gasteiger partial charge is 0.497 e. The van der Waals surface area contributed by atoms with Gasteiger partial charge in [0.05, 0.1) is 20.8 Å². The van der Waals surface area contributed by atoms with Crippen LogP contribution in [0.1, 0.15) is 25.2 Å². The van der Waals surface area contributed by atoms with Crippen LogP contribution in [0.3, 0.4) is 0 Å². The van der Waals surface area contributed by atoms with Crippen molar-refractivity contribution >= 4 is 33.4 Å². The summed E-state index contributed by atoms with van der Waals surface area (Å²) in [6.07, 6.45) is 1.87. The number of thioether (sulfide) groups is 1. The number of fused-ring (bicyclic) bond motifs is 1. The lowest BCUT2D eigenvalue weighted by Gasteiger charge is -2.20. The third kappa shape index (κ3) is 3.79. The van der Waals surface area contributed by atoms with Crippen LogP contribution in [0.15, 0.2) is 27.3 Å². The van der Waals surface area contributed by atoms with Gasteiger partial charge in [-0.2, -0.15) is 0 Å². The van der Waals surface area contributed by atoms with Crippen molar-refractivity contribution in [2.45, 2.75) is 30.4 Å². The average Bonchev–Trinajstić information content (AvgIpc) is 3.07. The second-order valence-electron chi connectivity index (χ2n) is 6.31. The van der Waals surface area contributed by atoms with Crippen molar-refractivity contribution in [3.63, 3.8) is 0 Å². The Bertz CT molecular complexity index is 1040. The van der Waals surface area contributed by atoms with Gasteiger partial charge >= 0.3 is 0 Å². The molecular formula is C18H20FN3O3S2. The molecule has 144 valence electrons. The monoisotopic (exact) mass is 409 g/mol.